The Morgan fingerprint density at radius 1 is 1.65 bits per heavy atom. The van der Waals surface area contributed by atoms with Crippen LogP contribution >= 0.6 is 11.3 Å². The van der Waals surface area contributed by atoms with Crippen molar-refractivity contribution in [2.75, 3.05) is 26.8 Å². The van der Waals surface area contributed by atoms with Crippen LogP contribution in [0.1, 0.15) is 23.3 Å². The molecular formula is C15H21NO3S. The molecule has 1 saturated heterocycles. The molecule has 2 rings (SSSR count). The molecule has 1 atom stereocenters. The average molecular weight is 295 g/mol. The van der Waals surface area contributed by atoms with Crippen molar-refractivity contribution in [1.29, 1.82) is 0 Å². The van der Waals surface area contributed by atoms with Gasteiger partial charge in [-0.3, -0.25) is 4.90 Å². The molecule has 0 aromatic carbocycles. The van der Waals surface area contributed by atoms with E-state index >= 15 is 0 Å². The molecule has 0 spiro atoms. The molecule has 5 heteroatoms. The summed E-state index contributed by atoms with van der Waals surface area (Å²) in [6.45, 7) is 4.02. The topological polar surface area (TPSA) is 49.8 Å². The highest BCUT2D eigenvalue weighted by molar-refractivity contribution is 7.10. The number of piperidine rings is 1. The normalized spacial score (nSPS) is 20.6. The molecule has 1 aromatic heterocycles. The van der Waals surface area contributed by atoms with Gasteiger partial charge >= 0.3 is 5.97 Å². The van der Waals surface area contributed by atoms with Gasteiger partial charge in [0, 0.05) is 31.2 Å². The number of carboxylic acid groups (broad SMARTS) is 1. The van der Waals surface area contributed by atoms with Gasteiger partial charge in [-0.2, -0.15) is 0 Å². The third-order valence-electron chi connectivity index (χ3n) is 3.48. The summed E-state index contributed by atoms with van der Waals surface area (Å²) in [5, 5.41) is 10.6. The first kappa shape index (κ1) is 15.2. The van der Waals surface area contributed by atoms with E-state index in [0.29, 0.717) is 5.92 Å². The number of hydrogen-bond acceptors (Lipinski definition) is 4. The Bertz CT molecular complexity index is 467. The number of carbonyl (C=O) groups is 1. The largest absolute Gasteiger partial charge is 0.478 e. The number of methoxy groups -OCH3 is 1. The highest BCUT2D eigenvalue weighted by atomic mass is 32.1. The van der Waals surface area contributed by atoms with E-state index in [4.69, 9.17) is 9.84 Å². The number of nitrogens with zero attached hydrogens (tertiary/aromatic N) is 1. The van der Waals surface area contributed by atoms with Crippen LogP contribution in [0.3, 0.4) is 0 Å². The summed E-state index contributed by atoms with van der Waals surface area (Å²) in [6, 6.07) is 2.07. The number of thiophene rings is 1. The van der Waals surface area contributed by atoms with Gasteiger partial charge in [0.15, 0.2) is 0 Å². The molecule has 1 aromatic rings. The molecule has 1 N–H and O–H groups in total. The summed E-state index contributed by atoms with van der Waals surface area (Å²) in [4.78, 5) is 14.2. The zero-order valence-electron chi connectivity index (χ0n) is 11.7. The molecule has 0 radical (unpaired) electrons. The van der Waals surface area contributed by atoms with E-state index in [2.05, 4.69) is 11.0 Å². The minimum atomic E-state index is -0.906. The molecule has 110 valence electrons. The van der Waals surface area contributed by atoms with Crippen molar-refractivity contribution in [1.82, 2.24) is 4.90 Å². The average Bonchev–Trinajstić information content (AvgIpc) is 2.85. The number of ether oxygens (including phenoxy) is 1. The number of likely N-dealkylation sites (tertiary alicyclic amines) is 1. The number of hydrogen-bond donors (Lipinski definition) is 1. The summed E-state index contributed by atoms with van der Waals surface area (Å²) in [7, 11) is 1.76. The summed E-state index contributed by atoms with van der Waals surface area (Å²) in [6.07, 6.45) is 5.31. The molecule has 20 heavy (non-hydrogen) atoms. The summed E-state index contributed by atoms with van der Waals surface area (Å²) in [5.41, 5.74) is 0.970. The van der Waals surface area contributed by atoms with Crippen LogP contribution in [0.4, 0.5) is 0 Å². The maximum absolute atomic E-state index is 10.5. The maximum Gasteiger partial charge on any atom is 0.328 e. The van der Waals surface area contributed by atoms with Crippen molar-refractivity contribution in [3.05, 3.63) is 28.0 Å². The van der Waals surface area contributed by atoms with E-state index in [1.54, 1.807) is 24.5 Å². The van der Waals surface area contributed by atoms with Crippen LogP contribution in [0.25, 0.3) is 6.08 Å². The minimum absolute atomic E-state index is 0.639. The lowest BCUT2D eigenvalue weighted by atomic mass is 9.99. The van der Waals surface area contributed by atoms with E-state index in [1.807, 2.05) is 5.38 Å². The third kappa shape index (κ3) is 4.74. The second-order valence-electron chi connectivity index (χ2n) is 5.22. The second kappa shape index (κ2) is 7.57. The third-order valence-corrected chi connectivity index (χ3v) is 4.42. The number of carboxylic acids is 1. The molecule has 1 aliphatic rings. The Morgan fingerprint density at radius 3 is 3.25 bits per heavy atom. The van der Waals surface area contributed by atoms with Crippen molar-refractivity contribution in [3.63, 3.8) is 0 Å². The van der Waals surface area contributed by atoms with Crippen LogP contribution in [0.15, 0.2) is 17.5 Å². The van der Waals surface area contributed by atoms with Gasteiger partial charge in [-0.15, -0.1) is 11.3 Å². The molecule has 1 fully saturated rings. The quantitative estimate of drug-likeness (QED) is 0.820. The van der Waals surface area contributed by atoms with Gasteiger partial charge in [-0.1, -0.05) is 0 Å². The van der Waals surface area contributed by atoms with Crippen LogP contribution in [-0.4, -0.2) is 42.8 Å². The predicted molar refractivity (Wildman–Crippen MR) is 80.9 cm³/mol. The van der Waals surface area contributed by atoms with E-state index < -0.39 is 5.97 Å². The van der Waals surface area contributed by atoms with Crippen LogP contribution < -0.4 is 0 Å². The van der Waals surface area contributed by atoms with E-state index in [-0.39, 0.29) is 0 Å². The predicted octanol–water partition coefficient (Wildman–Crippen LogP) is 2.70. The van der Waals surface area contributed by atoms with E-state index in [0.717, 1.165) is 31.8 Å². The Kier molecular flexibility index (Phi) is 5.76. The first-order valence-corrected chi connectivity index (χ1v) is 7.75. The molecule has 0 saturated carbocycles. The summed E-state index contributed by atoms with van der Waals surface area (Å²) >= 11 is 1.69. The monoisotopic (exact) mass is 295 g/mol. The molecule has 1 aliphatic heterocycles. The Morgan fingerprint density at radius 2 is 2.50 bits per heavy atom. The van der Waals surface area contributed by atoms with Gasteiger partial charge in [0.25, 0.3) is 0 Å². The van der Waals surface area contributed by atoms with Crippen LogP contribution in [0.5, 0.6) is 0 Å². The summed E-state index contributed by atoms with van der Waals surface area (Å²) in [5.74, 6) is -0.267. The SMILES string of the molecule is COCC1CCCN(Cc2cc(/C=C/C(=O)O)cs2)C1. The molecular weight excluding hydrogens is 274 g/mol. The molecule has 4 nitrogen and oxygen atoms in total. The minimum Gasteiger partial charge on any atom is -0.478 e. The van der Waals surface area contributed by atoms with E-state index in [9.17, 15) is 4.79 Å². The molecule has 0 bridgehead atoms. The standard InChI is InChI=1S/C15H21NO3S/c1-19-10-13-3-2-6-16(8-13)9-14-7-12(11-20-14)4-5-15(17)18/h4-5,7,11,13H,2-3,6,8-10H2,1H3,(H,17,18)/b5-4+. The second-order valence-corrected chi connectivity index (χ2v) is 6.21. The smallest absolute Gasteiger partial charge is 0.328 e. The molecule has 0 amide bonds. The molecule has 2 heterocycles. The van der Waals surface area contributed by atoms with E-state index in [1.165, 1.54) is 23.8 Å². The van der Waals surface area contributed by atoms with Gasteiger partial charge < -0.3 is 9.84 Å². The molecule has 1 unspecified atom stereocenters. The zero-order chi connectivity index (χ0) is 14.4. The van der Waals surface area contributed by atoms with Crippen molar-refractivity contribution in [2.45, 2.75) is 19.4 Å². The fourth-order valence-electron chi connectivity index (χ4n) is 2.62. The highest BCUT2D eigenvalue weighted by Crippen LogP contribution is 2.22. The fraction of sp³-hybridized carbons (Fsp3) is 0.533. The number of aliphatic carboxylic acids is 1. The van der Waals surface area contributed by atoms with Crippen LogP contribution in [0.2, 0.25) is 0 Å². The fourth-order valence-corrected chi connectivity index (χ4v) is 3.52. The van der Waals surface area contributed by atoms with Crippen molar-refractivity contribution >= 4 is 23.4 Å². The van der Waals surface area contributed by atoms with Crippen LogP contribution in [-0.2, 0) is 16.1 Å². The van der Waals surface area contributed by atoms with Crippen molar-refractivity contribution in [2.24, 2.45) is 5.92 Å². The first-order valence-electron chi connectivity index (χ1n) is 6.87. The van der Waals surface area contributed by atoms with Gasteiger partial charge in [-0.25, -0.2) is 4.79 Å². The van der Waals surface area contributed by atoms with Gasteiger partial charge in [-0.05, 0) is 48.4 Å². The lowest BCUT2D eigenvalue weighted by Gasteiger charge is -2.31. The van der Waals surface area contributed by atoms with Gasteiger partial charge in [0.1, 0.15) is 0 Å². The Labute approximate surface area is 123 Å². The van der Waals surface area contributed by atoms with Gasteiger partial charge in [0.2, 0.25) is 0 Å². The highest BCUT2D eigenvalue weighted by Gasteiger charge is 2.20. The van der Waals surface area contributed by atoms with Crippen molar-refractivity contribution in [3.8, 4) is 0 Å². The zero-order valence-corrected chi connectivity index (χ0v) is 12.6. The lowest BCUT2D eigenvalue weighted by molar-refractivity contribution is -0.131. The maximum atomic E-state index is 10.5. The van der Waals surface area contributed by atoms with Crippen molar-refractivity contribution < 1.29 is 14.6 Å². The first-order chi connectivity index (χ1) is 9.67. The Hall–Kier alpha value is -1.17. The number of rotatable bonds is 6. The van der Waals surface area contributed by atoms with Gasteiger partial charge in [0.05, 0.1) is 6.61 Å². The molecule has 0 aliphatic carbocycles. The lowest BCUT2D eigenvalue weighted by Crippen LogP contribution is -2.36. The Balaban J connectivity index is 1.88. The van der Waals surface area contributed by atoms with Crippen LogP contribution in [0, 0.1) is 5.92 Å². The summed E-state index contributed by atoms with van der Waals surface area (Å²) < 4.78 is 5.25.